The minimum atomic E-state index is 0.750. The van der Waals surface area contributed by atoms with Gasteiger partial charge in [0.2, 0.25) is 0 Å². The molecule has 4 atom stereocenters. The van der Waals surface area contributed by atoms with Gasteiger partial charge in [0.1, 0.15) is 0 Å². The van der Waals surface area contributed by atoms with Crippen LogP contribution in [0, 0.1) is 11.8 Å². The van der Waals surface area contributed by atoms with E-state index in [1.165, 1.54) is 28.8 Å². The molecule has 0 N–H and O–H groups in total. The van der Waals surface area contributed by atoms with Gasteiger partial charge in [0, 0.05) is 16.9 Å². The first-order valence-electron chi connectivity index (χ1n) is 5.21. The molecular formula is C10H14OS. The van der Waals surface area contributed by atoms with Crippen LogP contribution >= 0.6 is 11.8 Å². The van der Waals surface area contributed by atoms with E-state index in [-0.39, 0.29) is 0 Å². The highest BCUT2D eigenvalue weighted by Crippen LogP contribution is 2.62. The summed E-state index contributed by atoms with van der Waals surface area (Å²) in [4.78, 5) is 0. The molecule has 1 nitrogen and oxygen atoms in total. The zero-order chi connectivity index (χ0) is 7.71. The Kier molecular flexibility index (Phi) is 1.14. The molecule has 2 heterocycles. The summed E-state index contributed by atoms with van der Waals surface area (Å²) < 4.78 is 4.81. The minimum absolute atomic E-state index is 0.750. The monoisotopic (exact) mass is 182 g/mol. The summed E-state index contributed by atoms with van der Waals surface area (Å²) in [5, 5.41) is 2.33. The summed E-state index contributed by atoms with van der Waals surface area (Å²) >= 11 is 2.12. The van der Waals surface area contributed by atoms with Crippen LogP contribution in [0.5, 0.6) is 0 Å². The molecule has 0 aromatic carbocycles. The zero-order valence-electron chi connectivity index (χ0n) is 7.11. The van der Waals surface area contributed by atoms with Gasteiger partial charge in [-0.25, -0.2) is 0 Å². The first-order valence-corrected chi connectivity index (χ1v) is 6.15. The molecule has 2 aliphatic heterocycles. The molecule has 6 fully saturated rings. The Hall–Kier alpha value is 0.310. The second-order valence-corrected chi connectivity index (χ2v) is 6.37. The van der Waals surface area contributed by atoms with Gasteiger partial charge in [0.05, 0.1) is 12.2 Å². The zero-order valence-corrected chi connectivity index (χ0v) is 7.93. The van der Waals surface area contributed by atoms with E-state index in [4.69, 9.17) is 4.74 Å². The van der Waals surface area contributed by atoms with Crippen LogP contribution in [-0.4, -0.2) is 22.7 Å². The van der Waals surface area contributed by atoms with Crippen molar-refractivity contribution in [3.8, 4) is 0 Å². The summed E-state index contributed by atoms with van der Waals surface area (Å²) in [5.74, 6) is 2.50. The fraction of sp³-hybridized carbons (Fsp3) is 1.00. The van der Waals surface area contributed by atoms with Gasteiger partial charge in [-0.1, -0.05) is 0 Å². The Morgan fingerprint density at radius 3 is 1.08 bits per heavy atom. The van der Waals surface area contributed by atoms with Gasteiger partial charge in [-0.05, 0) is 31.1 Å². The van der Waals surface area contributed by atoms with Crippen LogP contribution in [0.4, 0.5) is 0 Å². The summed E-state index contributed by atoms with van der Waals surface area (Å²) in [6.45, 7) is 0. The lowest BCUT2D eigenvalue weighted by Gasteiger charge is -1.66. The average molecular weight is 182 g/mol. The fourth-order valence-corrected chi connectivity index (χ4v) is 1.83. The van der Waals surface area contributed by atoms with Crippen LogP contribution in [0.2, 0.25) is 0 Å². The summed E-state index contributed by atoms with van der Waals surface area (Å²) in [6, 6.07) is 0. The molecule has 4 unspecified atom stereocenters. The molecule has 66 valence electrons. The maximum Gasteiger partial charge on any atom is 0.0868 e. The van der Waals surface area contributed by atoms with Gasteiger partial charge in [-0.3, -0.25) is 0 Å². The van der Waals surface area contributed by atoms with Crippen LogP contribution in [0.25, 0.3) is 0 Å². The predicted octanol–water partition coefficient (Wildman–Crippen LogP) is 2.06. The van der Waals surface area contributed by atoms with Crippen LogP contribution in [0.1, 0.15) is 25.7 Å². The molecule has 4 aliphatic carbocycles. The standard InChI is InChI=1S/C4H6.C3H4O.C3H4S/c1-3-2-4(1)3;2*1-2-3(1)4-2/h3-4H,1-2H2;2*2-3H,1H2. The van der Waals surface area contributed by atoms with Crippen LogP contribution in [-0.2, 0) is 4.74 Å². The number of ether oxygens (including phenoxy) is 1. The molecule has 2 saturated heterocycles. The van der Waals surface area contributed by atoms with Crippen LogP contribution < -0.4 is 0 Å². The van der Waals surface area contributed by atoms with Crippen LogP contribution in [0.15, 0.2) is 0 Å². The van der Waals surface area contributed by atoms with E-state index in [0.717, 1.165) is 12.2 Å². The van der Waals surface area contributed by atoms with Crippen molar-refractivity contribution in [2.75, 3.05) is 0 Å². The van der Waals surface area contributed by atoms with Crippen molar-refractivity contribution in [2.24, 2.45) is 11.8 Å². The lowest BCUT2D eigenvalue weighted by atomic mass is 10.5. The first-order chi connectivity index (χ1) is 5.90. The number of thioether (sulfide) groups is 1. The predicted molar refractivity (Wildman–Crippen MR) is 49.3 cm³/mol. The van der Waals surface area contributed by atoms with E-state index in [0.29, 0.717) is 0 Å². The molecule has 2 heteroatoms. The largest absolute Gasteiger partial charge is 0.369 e. The highest BCUT2D eigenvalue weighted by molar-refractivity contribution is 8.09. The maximum absolute atomic E-state index is 4.81. The molecular weight excluding hydrogens is 168 g/mol. The second-order valence-electron chi connectivity index (χ2n) is 4.89. The lowest BCUT2D eigenvalue weighted by molar-refractivity contribution is 0.295. The Bertz CT molecular complexity index is 156. The molecule has 0 spiro atoms. The number of hydrogen-bond donors (Lipinski definition) is 0. The quantitative estimate of drug-likeness (QED) is 0.532. The second kappa shape index (κ2) is 2.03. The summed E-state index contributed by atoms with van der Waals surface area (Å²) in [6.07, 6.45) is 7.57. The molecule has 12 heavy (non-hydrogen) atoms. The van der Waals surface area contributed by atoms with Crippen molar-refractivity contribution in [1.29, 1.82) is 0 Å². The Balaban J connectivity index is 0.0000000562. The molecule has 0 radical (unpaired) electrons. The highest BCUT2D eigenvalue weighted by Gasteiger charge is 2.56. The Morgan fingerprint density at radius 2 is 1.08 bits per heavy atom. The highest BCUT2D eigenvalue weighted by atomic mass is 32.2. The maximum atomic E-state index is 4.81. The molecule has 6 aliphatic rings. The van der Waals surface area contributed by atoms with Crippen molar-refractivity contribution in [1.82, 2.24) is 0 Å². The van der Waals surface area contributed by atoms with E-state index < -0.39 is 0 Å². The lowest BCUT2D eigenvalue weighted by Crippen LogP contribution is -1.62. The molecule has 0 aromatic heterocycles. The SMILES string of the molecule is C1C2CC12.C1C2OC12.C1C2SC12. The molecule has 0 bridgehead atoms. The van der Waals surface area contributed by atoms with E-state index >= 15 is 0 Å². The van der Waals surface area contributed by atoms with Gasteiger partial charge in [-0.2, -0.15) is 11.8 Å². The average Bonchev–Trinajstić information content (AvgIpc) is 2.49. The normalized spacial score (nSPS) is 66.0. The smallest absolute Gasteiger partial charge is 0.0868 e. The minimum Gasteiger partial charge on any atom is -0.369 e. The summed E-state index contributed by atoms with van der Waals surface area (Å²) in [5.41, 5.74) is 0. The topological polar surface area (TPSA) is 12.5 Å². The van der Waals surface area contributed by atoms with E-state index in [2.05, 4.69) is 11.8 Å². The third-order valence-corrected chi connectivity index (χ3v) is 4.80. The Labute approximate surface area is 77.2 Å². The van der Waals surface area contributed by atoms with E-state index in [1.807, 2.05) is 0 Å². The van der Waals surface area contributed by atoms with Crippen molar-refractivity contribution >= 4 is 11.8 Å². The molecule has 0 aromatic rings. The fourth-order valence-electron chi connectivity index (χ4n) is 1.19. The Morgan fingerprint density at radius 1 is 0.833 bits per heavy atom. The van der Waals surface area contributed by atoms with Gasteiger partial charge < -0.3 is 4.74 Å². The number of rotatable bonds is 0. The van der Waals surface area contributed by atoms with Gasteiger partial charge in [0.25, 0.3) is 0 Å². The van der Waals surface area contributed by atoms with Crippen molar-refractivity contribution < 1.29 is 4.74 Å². The molecule has 0 amide bonds. The van der Waals surface area contributed by atoms with Crippen molar-refractivity contribution in [3.05, 3.63) is 0 Å². The summed E-state index contributed by atoms with van der Waals surface area (Å²) in [7, 11) is 0. The van der Waals surface area contributed by atoms with Crippen molar-refractivity contribution in [3.63, 3.8) is 0 Å². The molecule has 6 rings (SSSR count). The van der Waals surface area contributed by atoms with E-state index in [1.54, 1.807) is 19.3 Å². The number of epoxide rings is 1. The first kappa shape index (κ1) is 6.72. The number of hydrogen-bond acceptors (Lipinski definition) is 2. The number of fused-ring (bicyclic) bond motifs is 3. The third kappa shape index (κ3) is 1.51. The van der Waals surface area contributed by atoms with Gasteiger partial charge in [-0.15, -0.1) is 0 Å². The van der Waals surface area contributed by atoms with E-state index in [9.17, 15) is 0 Å². The van der Waals surface area contributed by atoms with Gasteiger partial charge >= 0.3 is 0 Å². The van der Waals surface area contributed by atoms with Crippen molar-refractivity contribution in [2.45, 2.75) is 48.4 Å². The third-order valence-electron chi connectivity index (χ3n) is 3.37. The van der Waals surface area contributed by atoms with Gasteiger partial charge in [0.15, 0.2) is 0 Å². The molecule has 4 saturated carbocycles. The van der Waals surface area contributed by atoms with Crippen LogP contribution in [0.3, 0.4) is 0 Å².